The van der Waals surface area contributed by atoms with Gasteiger partial charge in [0.05, 0.1) is 24.7 Å². The zero-order chi connectivity index (χ0) is 17.6. The molecule has 1 heterocycles. The molecule has 0 aliphatic heterocycles. The second-order valence-electron chi connectivity index (χ2n) is 5.63. The fraction of sp³-hybridized carbons (Fsp3) is 0.200. The van der Waals surface area contributed by atoms with Gasteiger partial charge in [0.2, 0.25) is 0 Å². The zero-order valence-corrected chi connectivity index (χ0v) is 15.1. The van der Waals surface area contributed by atoms with Gasteiger partial charge in [-0.1, -0.05) is 48.2 Å². The van der Waals surface area contributed by atoms with Crippen molar-refractivity contribution in [1.29, 1.82) is 0 Å². The number of benzene rings is 2. The Morgan fingerprint density at radius 2 is 1.96 bits per heavy atom. The van der Waals surface area contributed by atoms with E-state index in [0.29, 0.717) is 12.2 Å². The largest absolute Gasteiger partial charge is 0.497 e. The summed E-state index contributed by atoms with van der Waals surface area (Å²) < 4.78 is 7.48. The number of ether oxygens (including phenoxy) is 1. The topological polar surface area (TPSA) is 44.1 Å². The molecule has 1 aromatic heterocycles. The fourth-order valence-corrected chi connectivity index (χ4v) is 3.57. The van der Waals surface area contributed by atoms with Gasteiger partial charge in [0.1, 0.15) is 11.5 Å². The lowest BCUT2D eigenvalue weighted by atomic mass is 10.1. The first kappa shape index (κ1) is 17.3. The lowest BCUT2D eigenvalue weighted by molar-refractivity contribution is -0.116. The average Bonchev–Trinajstić information content (AvgIpc) is 3.06. The zero-order valence-electron chi connectivity index (χ0n) is 14.3. The van der Waals surface area contributed by atoms with Crippen LogP contribution in [0.4, 0.5) is 0 Å². The second kappa shape index (κ2) is 8.03. The molecule has 0 atom stereocenters. The molecule has 0 spiro atoms. The maximum Gasteiger partial charge on any atom is 0.173 e. The number of carbonyl (C=O) groups excluding carboxylic acids is 1. The molecule has 2 aromatic carbocycles. The normalized spacial score (nSPS) is 10.6. The number of nitrogens with zero attached hydrogens (tertiary/aromatic N) is 2. The van der Waals surface area contributed by atoms with Crippen molar-refractivity contribution >= 4 is 17.5 Å². The summed E-state index contributed by atoms with van der Waals surface area (Å²) in [7, 11) is 1.66. The van der Waals surface area contributed by atoms with E-state index in [1.807, 2.05) is 48.7 Å². The summed E-state index contributed by atoms with van der Waals surface area (Å²) in [6, 6.07) is 18.1. The van der Waals surface area contributed by atoms with Crippen molar-refractivity contribution in [3.63, 3.8) is 0 Å². The molecule has 0 bridgehead atoms. The molecule has 0 saturated heterocycles. The predicted octanol–water partition coefficient (Wildman–Crippen LogP) is 4.62. The third kappa shape index (κ3) is 4.12. The van der Waals surface area contributed by atoms with Gasteiger partial charge in [0.25, 0.3) is 0 Å². The molecular formula is C20H20N2O2S. The lowest BCUT2D eigenvalue weighted by Gasteiger charge is -2.13. The van der Waals surface area contributed by atoms with Crippen LogP contribution in [0, 0.1) is 0 Å². The van der Waals surface area contributed by atoms with Crippen molar-refractivity contribution in [2.75, 3.05) is 12.9 Å². The first-order chi connectivity index (χ1) is 12.2. The molecule has 0 amide bonds. The molecule has 0 N–H and O–H groups in total. The summed E-state index contributed by atoms with van der Waals surface area (Å²) in [6.45, 7) is 1.62. The van der Waals surface area contributed by atoms with Gasteiger partial charge < -0.3 is 4.74 Å². The highest BCUT2D eigenvalue weighted by Crippen LogP contribution is 2.31. The van der Waals surface area contributed by atoms with Crippen LogP contribution in [0.25, 0.3) is 16.9 Å². The summed E-state index contributed by atoms with van der Waals surface area (Å²) in [5, 5.41) is 0.869. The Morgan fingerprint density at radius 1 is 1.16 bits per heavy atom. The minimum atomic E-state index is 0.190. The quantitative estimate of drug-likeness (QED) is 0.582. The van der Waals surface area contributed by atoms with Gasteiger partial charge in [-0.05, 0) is 19.1 Å². The minimum absolute atomic E-state index is 0.190. The Labute approximate surface area is 151 Å². The van der Waals surface area contributed by atoms with E-state index in [1.54, 1.807) is 25.8 Å². The lowest BCUT2D eigenvalue weighted by Crippen LogP contribution is -2.01. The molecule has 3 aromatic rings. The van der Waals surface area contributed by atoms with Crippen LogP contribution in [-0.2, 0) is 4.79 Å². The highest BCUT2D eigenvalue weighted by molar-refractivity contribution is 7.99. The van der Waals surface area contributed by atoms with Crippen LogP contribution < -0.4 is 4.74 Å². The van der Waals surface area contributed by atoms with E-state index in [4.69, 9.17) is 4.74 Å². The van der Waals surface area contributed by atoms with Gasteiger partial charge in [-0.2, -0.15) is 0 Å². The number of aromatic nitrogens is 2. The molecule has 0 saturated carbocycles. The highest BCUT2D eigenvalue weighted by atomic mass is 32.2. The van der Waals surface area contributed by atoms with Gasteiger partial charge >= 0.3 is 0 Å². The molecule has 0 unspecified atom stereocenters. The smallest absolute Gasteiger partial charge is 0.173 e. The maximum absolute atomic E-state index is 11.2. The molecular weight excluding hydrogens is 332 g/mol. The summed E-state index contributed by atoms with van der Waals surface area (Å²) in [5.74, 6) is 1.70. The van der Waals surface area contributed by atoms with E-state index in [0.717, 1.165) is 27.9 Å². The predicted molar refractivity (Wildman–Crippen MR) is 102 cm³/mol. The Kier molecular flexibility index (Phi) is 5.56. The Morgan fingerprint density at radius 3 is 2.68 bits per heavy atom. The second-order valence-corrected chi connectivity index (χ2v) is 6.69. The van der Waals surface area contributed by atoms with Crippen LogP contribution in [0.3, 0.4) is 0 Å². The van der Waals surface area contributed by atoms with Crippen LogP contribution >= 0.6 is 11.8 Å². The first-order valence-corrected chi connectivity index (χ1v) is 9.07. The monoisotopic (exact) mass is 352 g/mol. The van der Waals surface area contributed by atoms with Crippen LogP contribution in [0.2, 0.25) is 0 Å². The van der Waals surface area contributed by atoms with Crippen molar-refractivity contribution in [2.45, 2.75) is 18.5 Å². The van der Waals surface area contributed by atoms with Gasteiger partial charge in [0, 0.05) is 23.8 Å². The molecule has 0 aliphatic carbocycles. The van der Waals surface area contributed by atoms with Crippen molar-refractivity contribution in [3.8, 4) is 22.7 Å². The number of hydrogen-bond acceptors (Lipinski definition) is 4. The molecule has 3 rings (SSSR count). The van der Waals surface area contributed by atoms with Crippen LogP contribution in [-0.4, -0.2) is 28.2 Å². The number of ketones is 1. The van der Waals surface area contributed by atoms with E-state index in [9.17, 15) is 4.79 Å². The first-order valence-electron chi connectivity index (χ1n) is 8.09. The summed E-state index contributed by atoms with van der Waals surface area (Å²) in [5.41, 5.74) is 3.09. The summed E-state index contributed by atoms with van der Waals surface area (Å²) in [4.78, 5) is 15.8. The minimum Gasteiger partial charge on any atom is -0.497 e. The van der Waals surface area contributed by atoms with Gasteiger partial charge in [-0.25, -0.2) is 4.98 Å². The van der Waals surface area contributed by atoms with Crippen LogP contribution in [0.1, 0.15) is 13.3 Å². The average molecular weight is 352 g/mol. The number of methoxy groups -OCH3 is 1. The number of imidazole rings is 1. The molecule has 0 radical (unpaired) electrons. The van der Waals surface area contributed by atoms with Crippen molar-refractivity contribution in [3.05, 3.63) is 60.8 Å². The maximum atomic E-state index is 11.2. The van der Waals surface area contributed by atoms with Crippen LogP contribution in [0.5, 0.6) is 5.75 Å². The van der Waals surface area contributed by atoms with E-state index in [1.165, 1.54) is 0 Å². The van der Waals surface area contributed by atoms with Gasteiger partial charge in [-0.15, -0.1) is 0 Å². The molecule has 5 heteroatoms. The number of hydrogen-bond donors (Lipinski definition) is 0. The van der Waals surface area contributed by atoms with E-state index in [-0.39, 0.29) is 5.78 Å². The summed E-state index contributed by atoms with van der Waals surface area (Å²) in [6.07, 6.45) is 2.42. The number of carbonyl (C=O) groups is 1. The van der Waals surface area contributed by atoms with Crippen molar-refractivity contribution in [2.24, 2.45) is 0 Å². The standard InChI is InChI=1S/C20H20N2O2S/c1-15(23)11-12-25-20-21-14-19(16-7-4-3-5-8-16)22(20)17-9-6-10-18(13-17)24-2/h3-10,13-14H,11-12H2,1-2H3. The van der Waals surface area contributed by atoms with Crippen molar-refractivity contribution in [1.82, 2.24) is 9.55 Å². The Hall–Kier alpha value is -2.53. The third-order valence-corrected chi connectivity index (χ3v) is 4.75. The Bertz CT molecular complexity index is 859. The number of Topliss-reactive ketones (excluding diaryl/α,β-unsaturated/α-hetero) is 1. The number of thioether (sulfide) groups is 1. The van der Waals surface area contributed by atoms with E-state index < -0.39 is 0 Å². The molecule has 0 aliphatic rings. The van der Waals surface area contributed by atoms with E-state index in [2.05, 4.69) is 21.7 Å². The van der Waals surface area contributed by atoms with Gasteiger partial charge in [0.15, 0.2) is 5.16 Å². The molecule has 25 heavy (non-hydrogen) atoms. The number of rotatable bonds is 7. The SMILES string of the molecule is COc1cccc(-n2c(-c3ccccc3)cnc2SCCC(C)=O)c1. The van der Waals surface area contributed by atoms with E-state index >= 15 is 0 Å². The third-order valence-electron chi connectivity index (χ3n) is 3.80. The van der Waals surface area contributed by atoms with Crippen LogP contribution in [0.15, 0.2) is 66.0 Å². The fourth-order valence-electron chi connectivity index (χ4n) is 2.53. The molecule has 4 nitrogen and oxygen atoms in total. The Balaban J connectivity index is 2.04. The molecule has 0 fully saturated rings. The van der Waals surface area contributed by atoms with Crippen molar-refractivity contribution < 1.29 is 9.53 Å². The molecule has 128 valence electrons. The highest BCUT2D eigenvalue weighted by Gasteiger charge is 2.14. The van der Waals surface area contributed by atoms with Gasteiger partial charge in [-0.3, -0.25) is 9.36 Å². The summed E-state index contributed by atoms with van der Waals surface area (Å²) >= 11 is 1.59.